The van der Waals surface area contributed by atoms with E-state index in [1.807, 2.05) is 0 Å². The summed E-state index contributed by atoms with van der Waals surface area (Å²) < 4.78 is 13.5. The highest BCUT2D eigenvalue weighted by Gasteiger charge is 2.13. The number of amides is 2. The first kappa shape index (κ1) is 12.5. The SMILES string of the molecule is C[C@H](NC(=O)Nc1nccs1)c1ccccc1F. The number of nitrogens with one attached hydrogen (secondary N) is 2. The van der Waals surface area contributed by atoms with Gasteiger partial charge in [0.1, 0.15) is 5.82 Å². The maximum Gasteiger partial charge on any atom is 0.321 e. The van der Waals surface area contributed by atoms with E-state index in [1.165, 1.54) is 17.4 Å². The van der Waals surface area contributed by atoms with Crippen molar-refractivity contribution in [3.8, 4) is 0 Å². The molecule has 0 fully saturated rings. The molecule has 0 aliphatic heterocycles. The third-order valence-electron chi connectivity index (χ3n) is 2.37. The first-order valence-corrected chi connectivity index (χ1v) is 6.26. The summed E-state index contributed by atoms with van der Waals surface area (Å²) in [5, 5.41) is 7.50. The average Bonchev–Trinajstić information content (AvgIpc) is 2.82. The number of carbonyl (C=O) groups is 1. The van der Waals surface area contributed by atoms with Crippen molar-refractivity contribution >= 4 is 22.5 Å². The topological polar surface area (TPSA) is 54.0 Å². The van der Waals surface area contributed by atoms with Gasteiger partial charge in [-0.1, -0.05) is 18.2 Å². The fourth-order valence-electron chi connectivity index (χ4n) is 1.52. The molecule has 0 bridgehead atoms. The van der Waals surface area contributed by atoms with Crippen LogP contribution < -0.4 is 10.6 Å². The molecular formula is C12H12FN3OS. The number of anilines is 1. The van der Waals surface area contributed by atoms with Crippen LogP contribution in [0.3, 0.4) is 0 Å². The summed E-state index contributed by atoms with van der Waals surface area (Å²) in [7, 11) is 0. The number of carbonyl (C=O) groups excluding carboxylic acids is 1. The molecule has 1 aromatic heterocycles. The van der Waals surface area contributed by atoms with Gasteiger partial charge in [0.05, 0.1) is 6.04 Å². The molecule has 1 heterocycles. The Morgan fingerprint density at radius 3 is 2.89 bits per heavy atom. The quantitative estimate of drug-likeness (QED) is 0.895. The molecule has 94 valence electrons. The van der Waals surface area contributed by atoms with Crippen molar-refractivity contribution in [2.75, 3.05) is 5.32 Å². The van der Waals surface area contributed by atoms with Gasteiger partial charge in [0.2, 0.25) is 0 Å². The van der Waals surface area contributed by atoms with E-state index in [9.17, 15) is 9.18 Å². The van der Waals surface area contributed by atoms with Crippen LogP contribution in [0.4, 0.5) is 14.3 Å². The molecule has 4 nitrogen and oxygen atoms in total. The van der Waals surface area contributed by atoms with Crippen molar-refractivity contribution in [2.45, 2.75) is 13.0 Å². The lowest BCUT2D eigenvalue weighted by Gasteiger charge is -2.14. The number of hydrogen-bond acceptors (Lipinski definition) is 3. The molecule has 2 rings (SSSR count). The predicted molar refractivity (Wildman–Crippen MR) is 69.1 cm³/mol. The lowest BCUT2D eigenvalue weighted by atomic mass is 10.1. The highest BCUT2D eigenvalue weighted by molar-refractivity contribution is 7.13. The van der Waals surface area contributed by atoms with Crippen molar-refractivity contribution in [2.24, 2.45) is 0 Å². The van der Waals surface area contributed by atoms with E-state index in [2.05, 4.69) is 15.6 Å². The van der Waals surface area contributed by atoms with Crippen LogP contribution in [0.5, 0.6) is 0 Å². The van der Waals surface area contributed by atoms with Crippen molar-refractivity contribution in [3.63, 3.8) is 0 Å². The smallest absolute Gasteiger partial charge is 0.321 e. The first-order chi connectivity index (χ1) is 8.66. The van der Waals surface area contributed by atoms with Gasteiger partial charge in [-0.25, -0.2) is 14.2 Å². The van der Waals surface area contributed by atoms with Crippen LogP contribution >= 0.6 is 11.3 Å². The van der Waals surface area contributed by atoms with E-state index >= 15 is 0 Å². The Morgan fingerprint density at radius 1 is 1.44 bits per heavy atom. The van der Waals surface area contributed by atoms with E-state index in [-0.39, 0.29) is 5.82 Å². The van der Waals surface area contributed by atoms with Crippen LogP contribution in [0.25, 0.3) is 0 Å². The highest BCUT2D eigenvalue weighted by Crippen LogP contribution is 2.16. The molecule has 0 radical (unpaired) electrons. The van der Waals surface area contributed by atoms with Gasteiger partial charge in [0.15, 0.2) is 5.13 Å². The zero-order chi connectivity index (χ0) is 13.0. The predicted octanol–water partition coefficient (Wildman–Crippen LogP) is 3.16. The molecule has 2 aromatic rings. The van der Waals surface area contributed by atoms with Crippen LogP contribution in [0.1, 0.15) is 18.5 Å². The third kappa shape index (κ3) is 3.04. The van der Waals surface area contributed by atoms with E-state index in [0.29, 0.717) is 10.7 Å². The lowest BCUT2D eigenvalue weighted by molar-refractivity contribution is 0.249. The van der Waals surface area contributed by atoms with Crippen molar-refractivity contribution in [1.82, 2.24) is 10.3 Å². The number of benzene rings is 1. The van der Waals surface area contributed by atoms with Gasteiger partial charge in [-0.2, -0.15) is 0 Å². The fourth-order valence-corrected chi connectivity index (χ4v) is 2.04. The standard InChI is InChI=1S/C12H12FN3OS/c1-8(9-4-2-3-5-10(9)13)15-11(17)16-12-14-6-7-18-12/h2-8H,1H3,(H2,14,15,16,17)/t8-/m0/s1. The van der Waals surface area contributed by atoms with Crippen molar-refractivity contribution < 1.29 is 9.18 Å². The minimum atomic E-state index is -0.411. The minimum Gasteiger partial charge on any atom is -0.331 e. The summed E-state index contributed by atoms with van der Waals surface area (Å²) in [6, 6.07) is 5.54. The fraction of sp³-hybridized carbons (Fsp3) is 0.167. The summed E-state index contributed by atoms with van der Waals surface area (Å²) in [6.07, 6.45) is 1.60. The second kappa shape index (κ2) is 5.59. The van der Waals surface area contributed by atoms with Crippen molar-refractivity contribution in [1.29, 1.82) is 0 Å². The second-order valence-corrected chi connectivity index (χ2v) is 4.57. The minimum absolute atomic E-state index is 0.334. The van der Waals surface area contributed by atoms with E-state index in [1.54, 1.807) is 36.7 Å². The van der Waals surface area contributed by atoms with Crippen molar-refractivity contribution in [3.05, 3.63) is 47.2 Å². The van der Waals surface area contributed by atoms with E-state index in [0.717, 1.165) is 0 Å². The highest BCUT2D eigenvalue weighted by atomic mass is 32.1. The van der Waals surface area contributed by atoms with E-state index in [4.69, 9.17) is 0 Å². The van der Waals surface area contributed by atoms with Crippen LogP contribution in [0.2, 0.25) is 0 Å². The third-order valence-corrected chi connectivity index (χ3v) is 3.06. The summed E-state index contributed by atoms with van der Waals surface area (Å²) in [4.78, 5) is 15.6. The van der Waals surface area contributed by atoms with Gasteiger partial charge >= 0.3 is 6.03 Å². The maximum atomic E-state index is 13.5. The molecule has 0 spiro atoms. The van der Waals surface area contributed by atoms with Crippen LogP contribution in [0, 0.1) is 5.82 Å². The van der Waals surface area contributed by atoms with Gasteiger partial charge in [0.25, 0.3) is 0 Å². The number of aromatic nitrogens is 1. The van der Waals surface area contributed by atoms with Crippen LogP contribution in [-0.2, 0) is 0 Å². The zero-order valence-corrected chi connectivity index (χ0v) is 10.5. The Bertz CT molecular complexity index is 530. The Labute approximate surface area is 108 Å². The number of rotatable bonds is 3. The Morgan fingerprint density at radius 2 is 2.22 bits per heavy atom. The molecule has 6 heteroatoms. The molecule has 2 amide bonds. The van der Waals surface area contributed by atoms with Gasteiger partial charge in [-0.3, -0.25) is 5.32 Å². The summed E-state index contributed by atoms with van der Waals surface area (Å²) >= 11 is 1.32. The summed E-state index contributed by atoms with van der Waals surface area (Å²) in [5.74, 6) is -0.334. The van der Waals surface area contributed by atoms with Crippen LogP contribution in [0.15, 0.2) is 35.8 Å². The van der Waals surface area contributed by atoms with Gasteiger partial charge in [-0.05, 0) is 13.0 Å². The number of urea groups is 1. The molecule has 0 saturated carbocycles. The maximum absolute atomic E-state index is 13.5. The molecule has 2 N–H and O–H groups in total. The Balaban J connectivity index is 1.97. The van der Waals surface area contributed by atoms with Crippen LogP contribution in [-0.4, -0.2) is 11.0 Å². The number of hydrogen-bond donors (Lipinski definition) is 2. The Kier molecular flexibility index (Phi) is 3.88. The van der Waals surface area contributed by atoms with Gasteiger partial charge in [0, 0.05) is 17.1 Å². The molecule has 1 aromatic carbocycles. The normalized spacial score (nSPS) is 11.9. The summed E-state index contributed by atoms with van der Waals surface area (Å²) in [5.41, 5.74) is 0.451. The molecule has 0 saturated heterocycles. The molecule has 0 aliphatic rings. The Hall–Kier alpha value is -1.95. The first-order valence-electron chi connectivity index (χ1n) is 5.38. The number of thiazole rings is 1. The molecule has 0 aliphatic carbocycles. The monoisotopic (exact) mass is 265 g/mol. The summed E-state index contributed by atoms with van der Waals surface area (Å²) in [6.45, 7) is 1.72. The largest absolute Gasteiger partial charge is 0.331 e. The van der Waals surface area contributed by atoms with Gasteiger partial charge in [-0.15, -0.1) is 11.3 Å². The van der Waals surface area contributed by atoms with Gasteiger partial charge < -0.3 is 5.32 Å². The molecule has 18 heavy (non-hydrogen) atoms. The molecular weight excluding hydrogens is 253 g/mol. The molecule has 1 atom stereocenters. The van der Waals surface area contributed by atoms with E-state index < -0.39 is 12.1 Å². The number of nitrogens with zero attached hydrogens (tertiary/aromatic N) is 1. The zero-order valence-electron chi connectivity index (χ0n) is 9.68. The lowest BCUT2D eigenvalue weighted by Crippen LogP contribution is -2.31. The molecule has 0 unspecified atom stereocenters. The second-order valence-electron chi connectivity index (χ2n) is 3.68. The number of halogens is 1. The average molecular weight is 265 g/mol.